The zero-order chi connectivity index (χ0) is 13.9. The highest BCUT2D eigenvalue weighted by molar-refractivity contribution is 4.95. The van der Waals surface area contributed by atoms with Crippen LogP contribution in [0, 0.1) is 17.8 Å². The number of hydrogen-bond acceptors (Lipinski definition) is 2. The highest BCUT2D eigenvalue weighted by atomic mass is 15.2. The van der Waals surface area contributed by atoms with E-state index < -0.39 is 0 Å². The Balaban J connectivity index is 1.57. The summed E-state index contributed by atoms with van der Waals surface area (Å²) >= 11 is 0. The van der Waals surface area contributed by atoms with Crippen LogP contribution < -0.4 is 5.32 Å². The molecule has 2 aliphatic carbocycles. The minimum Gasteiger partial charge on any atom is -0.314 e. The maximum Gasteiger partial charge on any atom is 0.0108 e. The fourth-order valence-corrected chi connectivity index (χ4v) is 5.32. The summed E-state index contributed by atoms with van der Waals surface area (Å²) in [7, 11) is 0. The van der Waals surface area contributed by atoms with Crippen LogP contribution in [0.1, 0.15) is 65.2 Å². The number of rotatable bonds is 6. The van der Waals surface area contributed by atoms with E-state index in [1.807, 2.05) is 0 Å². The van der Waals surface area contributed by atoms with Crippen molar-refractivity contribution in [2.75, 3.05) is 19.6 Å². The fraction of sp³-hybridized carbons (Fsp3) is 1.00. The summed E-state index contributed by atoms with van der Waals surface area (Å²) in [5.74, 6) is 2.98. The molecule has 1 aliphatic heterocycles. The molecule has 0 amide bonds. The molecule has 116 valence electrons. The van der Waals surface area contributed by atoms with Crippen molar-refractivity contribution >= 4 is 0 Å². The van der Waals surface area contributed by atoms with Gasteiger partial charge in [0.1, 0.15) is 0 Å². The van der Waals surface area contributed by atoms with Gasteiger partial charge in [-0.05, 0) is 62.8 Å². The van der Waals surface area contributed by atoms with Gasteiger partial charge in [-0.3, -0.25) is 4.90 Å². The number of piperidine rings is 1. The first-order valence-corrected chi connectivity index (χ1v) is 9.27. The van der Waals surface area contributed by atoms with Crippen LogP contribution in [0.25, 0.3) is 0 Å². The Morgan fingerprint density at radius 1 is 1.05 bits per heavy atom. The lowest BCUT2D eigenvalue weighted by Gasteiger charge is -2.40. The van der Waals surface area contributed by atoms with Gasteiger partial charge in [0.2, 0.25) is 0 Å². The zero-order valence-electron chi connectivity index (χ0n) is 13.6. The summed E-state index contributed by atoms with van der Waals surface area (Å²) < 4.78 is 0. The van der Waals surface area contributed by atoms with Gasteiger partial charge in [-0.15, -0.1) is 0 Å². The van der Waals surface area contributed by atoms with Gasteiger partial charge in [-0.2, -0.15) is 0 Å². The van der Waals surface area contributed by atoms with E-state index in [0.29, 0.717) is 0 Å². The van der Waals surface area contributed by atoms with E-state index in [1.165, 1.54) is 64.5 Å². The van der Waals surface area contributed by atoms with E-state index in [-0.39, 0.29) is 0 Å². The molecule has 0 spiro atoms. The summed E-state index contributed by atoms with van der Waals surface area (Å²) in [5.41, 5.74) is 0. The Labute approximate surface area is 125 Å². The number of likely N-dealkylation sites (tertiary alicyclic amines) is 1. The molecule has 3 aliphatic rings. The second-order valence-electron chi connectivity index (χ2n) is 7.68. The van der Waals surface area contributed by atoms with E-state index in [4.69, 9.17) is 0 Å². The molecule has 2 heteroatoms. The van der Waals surface area contributed by atoms with E-state index >= 15 is 0 Å². The number of hydrogen-bond donors (Lipinski definition) is 1. The highest BCUT2D eigenvalue weighted by Crippen LogP contribution is 2.40. The van der Waals surface area contributed by atoms with Crippen molar-refractivity contribution in [1.29, 1.82) is 0 Å². The Bertz CT molecular complexity index is 304. The molecular formula is C18H34N2. The van der Waals surface area contributed by atoms with Crippen LogP contribution >= 0.6 is 0 Å². The third-order valence-electron chi connectivity index (χ3n) is 6.25. The molecule has 1 heterocycles. The molecule has 3 fully saturated rings. The van der Waals surface area contributed by atoms with Gasteiger partial charge < -0.3 is 5.32 Å². The molecule has 20 heavy (non-hydrogen) atoms. The molecule has 3 rings (SSSR count). The maximum atomic E-state index is 3.79. The first kappa shape index (κ1) is 14.8. The molecule has 5 atom stereocenters. The Morgan fingerprint density at radius 2 is 1.95 bits per heavy atom. The monoisotopic (exact) mass is 278 g/mol. The lowest BCUT2D eigenvalue weighted by Crippen LogP contribution is -2.47. The van der Waals surface area contributed by atoms with E-state index in [2.05, 4.69) is 24.1 Å². The summed E-state index contributed by atoms with van der Waals surface area (Å²) in [6.45, 7) is 8.57. The van der Waals surface area contributed by atoms with Crippen LogP contribution in [0.3, 0.4) is 0 Å². The van der Waals surface area contributed by atoms with Crippen molar-refractivity contribution in [2.45, 2.75) is 77.3 Å². The van der Waals surface area contributed by atoms with E-state index in [1.54, 1.807) is 0 Å². The second-order valence-corrected chi connectivity index (χ2v) is 7.68. The first-order chi connectivity index (χ1) is 9.80. The van der Waals surface area contributed by atoms with Crippen molar-refractivity contribution in [1.82, 2.24) is 10.2 Å². The molecule has 0 aromatic carbocycles. The Hall–Kier alpha value is -0.0800. The maximum absolute atomic E-state index is 3.79. The molecule has 5 unspecified atom stereocenters. The van der Waals surface area contributed by atoms with E-state index in [9.17, 15) is 0 Å². The van der Waals surface area contributed by atoms with Gasteiger partial charge in [0.25, 0.3) is 0 Å². The third kappa shape index (κ3) is 3.22. The largest absolute Gasteiger partial charge is 0.314 e. The average molecular weight is 278 g/mol. The van der Waals surface area contributed by atoms with Crippen molar-refractivity contribution < 1.29 is 0 Å². The van der Waals surface area contributed by atoms with Gasteiger partial charge in [0, 0.05) is 25.2 Å². The Morgan fingerprint density at radius 3 is 2.60 bits per heavy atom. The summed E-state index contributed by atoms with van der Waals surface area (Å²) in [4.78, 5) is 2.86. The van der Waals surface area contributed by atoms with Crippen LogP contribution in [-0.2, 0) is 0 Å². The van der Waals surface area contributed by atoms with Crippen molar-refractivity contribution in [2.24, 2.45) is 17.8 Å². The average Bonchev–Trinajstić information content (AvgIpc) is 3.05. The number of fused-ring (bicyclic) bond motifs is 2. The van der Waals surface area contributed by atoms with Gasteiger partial charge in [0.15, 0.2) is 0 Å². The van der Waals surface area contributed by atoms with Crippen LogP contribution in [0.5, 0.6) is 0 Å². The van der Waals surface area contributed by atoms with Crippen molar-refractivity contribution in [3.8, 4) is 0 Å². The zero-order valence-corrected chi connectivity index (χ0v) is 13.6. The summed E-state index contributed by atoms with van der Waals surface area (Å²) in [5, 5.41) is 3.79. The highest BCUT2D eigenvalue weighted by Gasteiger charge is 2.40. The molecule has 2 saturated carbocycles. The SMILES string of the molecule is CCCC1CCC(NCC)C(CN2CC3CCC2C3)C1. The predicted molar refractivity (Wildman–Crippen MR) is 85.9 cm³/mol. The van der Waals surface area contributed by atoms with Crippen LogP contribution in [-0.4, -0.2) is 36.6 Å². The van der Waals surface area contributed by atoms with E-state index in [0.717, 1.165) is 36.4 Å². The molecule has 0 radical (unpaired) electrons. The number of nitrogens with zero attached hydrogens (tertiary/aromatic N) is 1. The lowest BCUT2D eigenvalue weighted by atomic mass is 9.76. The second kappa shape index (κ2) is 6.79. The molecule has 2 nitrogen and oxygen atoms in total. The fourth-order valence-electron chi connectivity index (χ4n) is 5.32. The summed E-state index contributed by atoms with van der Waals surface area (Å²) in [6.07, 6.45) is 11.7. The lowest BCUT2D eigenvalue weighted by molar-refractivity contribution is 0.116. The van der Waals surface area contributed by atoms with Crippen LogP contribution in [0.4, 0.5) is 0 Å². The summed E-state index contributed by atoms with van der Waals surface area (Å²) in [6, 6.07) is 1.75. The molecule has 0 aromatic heterocycles. The van der Waals surface area contributed by atoms with Crippen LogP contribution in [0.15, 0.2) is 0 Å². The van der Waals surface area contributed by atoms with Crippen LogP contribution in [0.2, 0.25) is 0 Å². The normalized spacial score (nSPS) is 41.4. The van der Waals surface area contributed by atoms with Gasteiger partial charge in [-0.1, -0.05) is 26.7 Å². The topological polar surface area (TPSA) is 15.3 Å². The van der Waals surface area contributed by atoms with Gasteiger partial charge in [0.05, 0.1) is 0 Å². The standard InChI is InChI=1S/C18H34N2/c1-3-5-14-7-9-18(19-4-2)16(10-14)13-20-12-15-6-8-17(20)11-15/h14-19H,3-13H2,1-2H3. The molecule has 1 N–H and O–H groups in total. The first-order valence-electron chi connectivity index (χ1n) is 9.27. The Kier molecular flexibility index (Phi) is 5.04. The van der Waals surface area contributed by atoms with Crippen molar-refractivity contribution in [3.63, 3.8) is 0 Å². The molecule has 0 aromatic rings. The smallest absolute Gasteiger partial charge is 0.0108 e. The van der Waals surface area contributed by atoms with Gasteiger partial charge in [-0.25, -0.2) is 0 Å². The molecule has 1 saturated heterocycles. The van der Waals surface area contributed by atoms with Gasteiger partial charge >= 0.3 is 0 Å². The number of nitrogens with one attached hydrogen (secondary N) is 1. The molecular weight excluding hydrogens is 244 g/mol. The quantitative estimate of drug-likeness (QED) is 0.797. The predicted octanol–water partition coefficient (Wildman–Crippen LogP) is 3.67. The molecule has 2 bridgehead atoms. The minimum absolute atomic E-state index is 0.798. The third-order valence-corrected chi connectivity index (χ3v) is 6.25. The minimum atomic E-state index is 0.798. The van der Waals surface area contributed by atoms with Crippen molar-refractivity contribution in [3.05, 3.63) is 0 Å².